The van der Waals surface area contributed by atoms with Crippen LogP contribution in [0.15, 0.2) is 24.3 Å². The van der Waals surface area contributed by atoms with E-state index in [9.17, 15) is 4.79 Å². The van der Waals surface area contributed by atoms with Gasteiger partial charge >= 0.3 is 0 Å². The second-order valence-corrected chi connectivity index (χ2v) is 5.22. The van der Waals surface area contributed by atoms with Gasteiger partial charge in [-0.3, -0.25) is 9.69 Å². The lowest BCUT2D eigenvalue weighted by molar-refractivity contribution is -0.125. The molecule has 4 heteroatoms. The zero-order valence-electron chi connectivity index (χ0n) is 11.8. The number of rotatable bonds is 6. The van der Waals surface area contributed by atoms with E-state index < -0.39 is 0 Å². The van der Waals surface area contributed by atoms with Gasteiger partial charge in [0.1, 0.15) is 5.75 Å². The van der Waals surface area contributed by atoms with Crippen LogP contribution in [0.25, 0.3) is 0 Å². The molecule has 2 rings (SSSR count). The Balaban J connectivity index is 1.87. The van der Waals surface area contributed by atoms with E-state index in [4.69, 9.17) is 4.74 Å². The Labute approximate surface area is 114 Å². The highest BCUT2D eigenvalue weighted by Gasteiger charge is 2.27. The van der Waals surface area contributed by atoms with Gasteiger partial charge in [-0.05, 0) is 44.5 Å². The molecular weight excluding hydrogens is 240 g/mol. The lowest BCUT2D eigenvalue weighted by atomic mass is 10.2. The van der Waals surface area contributed by atoms with E-state index in [1.165, 1.54) is 5.56 Å². The van der Waals surface area contributed by atoms with Crippen molar-refractivity contribution in [2.75, 3.05) is 14.2 Å². The van der Waals surface area contributed by atoms with E-state index in [0.717, 1.165) is 25.1 Å². The molecule has 0 aromatic heterocycles. The minimum absolute atomic E-state index is 0.109. The van der Waals surface area contributed by atoms with Crippen LogP contribution < -0.4 is 10.1 Å². The normalized spacial score (nSPS) is 16.2. The summed E-state index contributed by atoms with van der Waals surface area (Å²) >= 11 is 0. The number of amides is 1. The Morgan fingerprint density at radius 2 is 2.05 bits per heavy atom. The molecule has 1 aromatic carbocycles. The number of ether oxygens (including phenoxy) is 1. The highest BCUT2D eigenvalue weighted by molar-refractivity contribution is 5.81. The number of hydrogen-bond donors (Lipinski definition) is 1. The largest absolute Gasteiger partial charge is 0.497 e. The van der Waals surface area contributed by atoms with Gasteiger partial charge in [0.2, 0.25) is 5.91 Å². The summed E-state index contributed by atoms with van der Waals surface area (Å²) in [5.41, 5.74) is 1.18. The molecule has 1 aromatic rings. The maximum Gasteiger partial charge on any atom is 0.237 e. The molecule has 0 unspecified atom stereocenters. The van der Waals surface area contributed by atoms with E-state index in [2.05, 4.69) is 10.2 Å². The van der Waals surface area contributed by atoms with Gasteiger partial charge < -0.3 is 10.1 Å². The molecule has 1 atom stereocenters. The van der Waals surface area contributed by atoms with Crippen LogP contribution in [0.4, 0.5) is 0 Å². The van der Waals surface area contributed by atoms with Gasteiger partial charge in [0, 0.05) is 12.6 Å². The maximum atomic E-state index is 12.0. The third kappa shape index (κ3) is 3.96. The van der Waals surface area contributed by atoms with Crippen molar-refractivity contribution in [1.82, 2.24) is 10.2 Å². The van der Waals surface area contributed by atoms with E-state index in [-0.39, 0.29) is 11.9 Å². The predicted octanol–water partition coefficient (Wildman–Crippen LogP) is 1.79. The Bertz CT molecular complexity index is 426. The zero-order chi connectivity index (χ0) is 13.8. The molecule has 1 N–H and O–H groups in total. The van der Waals surface area contributed by atoms with Crippen LogP contribution >= 0.6 is 0 Å². The van der Waals surface area contributed by atoms with Crippen molar-refractivity contribution in [3.63, 3.8) is 0 Å². The second kappa shape index (κ2) is 6.06. The van der Waals surface area contributed by atoms with Crippen molar-refractivity contribution in [3.8, 4) is 5.75 Å². The fourth-order valence-corrected chi connectivity index (χ4v) is 1.91. The topological polar surface area (TPSA) is 41.6 Å². The first-order valence-electron chi connectivity index (χ1n) is 6.73. The predicted molar refractivity (Wildman–Crippen MR) is 75.1 cm³/mol. The van der Waals surface area contributed by atoms with Crippen molar-refractivity contribution in [1.29, 1.82) is 0 Å². The summed E-state index contributed by atoms with van der Waals surface area (Å²) < 4.78 is 5.13. The van der Waals surface area contributed by atoms with E-state index in [0.29, 0.717) is 6.04 Å². The average Bonchev–Trinajstić information content (AvgIpc) is 3.22. The molecule has 4 nitrogen and oxygen atoms in total. The van der Waals surface area contributed by atoms with Gasteiger partial charge in [-0.1, -0.05) is 12.1 Å². The van der Waals surface area contributed by atoms with E-state index in [1.54, 1.807) is 7.11 Å². The van der Waals surface area contributed by atoms with Gasteiger partial charge in [0.05, 0.1) is 13.2 Å². The highest BCUT2D eigenvalue weighted by Crippen LogP contribution is 2.19. The van der Waals surface area contributed by atoms with Crippen molar-refractivity contribution >= 4 is 5.91 Å². The third-order valence-electron chi connectivity index (χ3n) is 3.56. The fourth-order valence-electron chi connectivity index (χ4n) is 1.91. The summed E-state index contributed by atoms with van der Waals surface area (Å²) in [7, 11) is 3.63. The molecule has 1 aliphatic rings. The summed E-state index contributed by atoms with van der Waals surface area (Å²) in [4.78, 5) is 14.0. The van der Waals surface area contributed by atoms with Gasteiger partial charge in [-0.15, -0.1) is 0 Å². The van der Waals surface area contributed by atoms with Crippen molar-refractivity contribution in [2.45, 2.75) is 38.4 Å². The van der Waals surface area contributed by atoms with Crippen LogP contribution in [0, 0.1) is 0 Å². The minimum Gasteiger partial charge on any atom is -0.497 e. The highest BCUT2D eigenvalue weighted by atomic mass is 16.5. The lowest BCUT2D eigenvalue weighted by Crippen LogP contribution is -2.43. The van der Waals surface area contributed by atoms with Gasteiger partial charge in [0.15, 0.2) is 0 Å². The molecule has 0 spiro atoms. The van der Waals surface area contributed by atoms with Crippen molar-refractivity contribution in [3.05, 3.63) is 29.8 Å². The molecule has 1 fully saturated rings. The standard InChI is InChI=1S/C15H22N2O2/c1-11(15(18)16-13-6-7-13)17(2)10-12-4-8-14(19-3)9-5-12/h4-5,8-9,11,13H,6-7,10H2,1-3H3,(H,16,18)/t11-/m1/s1. The van der Waals surface area contributed by atoms with E-state index in [1.807, 2.05) is 38.2 Å². The first kappa shape index (κ1) is 13.9. The fraction of sp³-hybridized carbons (Fsp3) is 0.533. The summed E-state index contributed by atoms with van der Waals surface area (Å²) in [5, 5.41) is 3.04. The first-order chi connectivity index (χ1) is 9.10. The van der Waals surface area contributed by atoms with Gasteiger partial charge in [0.25, 0.3) is 0 Å². The van der Waals surface area contributed by atoms with Gasteiger partial charge in [-0.25, -0.2) is 0 Å². The van der Waals surface area contributed by atoms with E-state index >= 15 is 0 Å². The molecule has 0 saturated heterocycles. The lowest BCUT2D eigenvalue weighted by Gasteiger charge is -2.24. The zero-order valence-corrected chi connectivity index (χ0v) is 11.8. The Kier molecular flexibility index (Phi) is 4.43. The van der Waals surface area contributed by atoms with Crippen molar-refractivity contribution in [2.24, 2.45) is 0 Å². The molecule has 0 aliphatic heterocycles. The molecule has 1 amide bonds. The quantitative estimate of drug-likeness (QED) is 0.850. The number of nitrogens with one attached hydrogen (secondary N) is 1. The third-order valence-corrected chi connectivity index (χ3v) is 3.56. The van der Waals surface area contributed by atoms with Crippen LogP contribution in [0.3, 0.4) is 0 Å². The number of likely N-dealkylation sites (N-methyl/N-ethyl adjacent to an activating group) is 1. The van der Waals surface area contributed by atoms with Crippen LogP contribution in [0.5, 0.6) is 5.75 Å². The molecule has 0 radical (unpaired) electrons. The number of benzene rings is 1. The SMILES string of the molecule is COc1ccc(CN(C)[C@H](C)C(=O)NC2CC2)cc1. The summed E-state index contributed by atoms with van der Waals surface area (Å²) in [5.74, 6) is 0.976. The maximum absolute atomic E-state index is 12.0. The molecule has 19 heavy (non-hydrogen) atoms. The van der Waals surface area contributed by atoms with Gasteiger partial charge in [-0.2, -0.15) is 0 Å². The Hall–Kier alpha value is -1.55. The molecule has 0 bridgehead atoms. The second-order valence-electron chi connectivity index (χ2n) is 5.22. The summed E-state index contributed by atoms with van der Waals surface area (Å²) in [6, 6.07) is 8.25. The molecule has 1 aliphatic carbocycles. The van der Waals surface area contributed by atoms with Crippen LogP contribution in [0.1, 0.15) is 25.3 Å². The smallest absolute Gasteiger partial charge is 0.237 e. The summed E-state index contributed by atoms with van der Waals surface area (Å²) in [6.45, 7) is 2.70. The molecule has 104 valence electrons. The Morgan fingerprint density at radius 1 is 1.42 bits per heavy atom. The summed E-state index contributed by atoms with van der Waals surface area (Å²) in [6.07, 6.45) is 2.25. The van der Waals surface area contributed by atoms with Crippen LogP contribution in [-0.2, 0) is 11.3 Å². The molecule has 1 saturated carbocycles. The Morgan fingerprint density at radius 3 is 2.58 bits per heavy atom. The van der Waals surface area contributed by atoms with Crippen LogP contribution in [-0.4, -0.2) is 37.0 Å². The first-order valence-corrected chi connectivity index (χ1v) is 6.73. The number of methoxy groups -OCH3 is 1. The van der Waals surface area contributed by atoms with Crippen molar-refractivity contribution < 1.29 is 9.53 Å². The minimum atomic E-state index is -0.109. The average molecular weight is 262 g/mol. The molecule has 0 heterocycles. The number of hydrogen-bond acceptors (Lipinski definition) is 3. The monoisotopic (exact) mass is 262 g/mol. The number of carbonyl (C=O) groups excluding carboxylic acids is 1. The number of carbonyl (C=O) groups is 1. The van der Waals surface area contributed by atoms with Crippen LogP contribution in [0.2, 0.25) is 0 Å². The molecular formula is C15H22N2O2. The number of nitrogens with zero attached hydrogens (tertiary/aromatic N) is 1.